The number of amides is 1. The van der Waals surface area contributed by atoms with E-state index in [0.29, 0.717) is 25.3 Å². The minimum Gasteiger partial charge on any atom is -0.379 e. The highest BCUT2D eigenvalue weighted by Crippen LogP contribution is 2.17. The molecule has 1 aromatic heterocycles. The molecular formula is C15H18N2O2. The van der Waals surface area contributed by atoms with Gasteiger partial charge < -0.3 is 15.0 Å². The lowest BCUT2D eigenvalue weighted by Gasteiger charge is -2.05. The van der Waals surface area contributed by atoms with Crippen LogP contribution in [0.25, 0.3) is 10.9 Å². The molecule has 0 aliphatic heterocycles. The van der Waals surface area contributed by atoms with Crippen molar-refractivity contribution in [3.8, 4) is 0 Å². The highest BCUT2D eigenvalue weighted by molar-refractivity contribution is 6.06. The third kappa shape index (κ3) is 3.45. The third-order valence-electron chi connectivity index (χ3n) is 2.83. The van der Waals surface area contributed by atoms with E-state index in [9.17, 15) is 4.79 Å². The largest absolute Gasteiger partial charge is 0.379 e. The Balaban J connectivity index is 1.85. The lowest BCUT2D eigenvalue weighted by atomic mass is 10.1. The molecule has 0 aliphatic rings. The molecule has 4 nitrogen and oxygen atoms in total. The van der Waals surface area contributed by atoms with Gasteiger partial charge in [0.25, 0.3) is 5.91 Å². The maximum atomic E-state index is 12.0. The molecule has 0 fully saturated rings. The predicted octanol–water partition coefficient (Wildman–Crippen LogP) is 2.49. The second-order valence-corrected chi connectivity index (χ2v) is 4.19. The molecule has 2 rings (SSSR count). The van der Waals surface area contributed by atoms with Gasteiger partial charge in [-0.25, -0.2) is 0 Å². The highest BCUT2D eigenvalue weighted by atomic mass is 16.5. The van der Waals surface area contributed by atoms with Crippen molar-refractivity contribution in [1.82, 2.24) is 10.3 Å². The number of carbonyl (C=O) groups excluding carboxylic acids is 1. The Kier molecular flexibility index (Phi) is 4.75. The van der Waals surface area contributed by atoms with Crippen LogP contribution in [0.1, 0.15) is 16.8 Å². The molecule has 2 N–H and O–H groups in total. The van der Waals surface area contributed by atoms with Crippen molar-refractivity contribution in [2.75, 3.05) is 19.8 Å². The Labute approximate surface area is 112 Å². The number of fused-ring (bicyclic) bond motifs is 1. The first-order valence-electron chi connectivity index (χ1n) is 6.36. The minimum absolute atomic E-state index is 0.0789. The standard InChI is InChI=1S/C15H18N2O2/c1-2-3-9-19-10-8-16-15(18)13-11-17-14-7-5-4-6-12(13)14/h2,4-7,11,17H,1,3,8-10H2,(H,16,18). The zero-order valence-corrected chi connectivity index (χ0v) is 10.8. The molecule has 0 saturated carbocycles. The number of para-hydroxylation sites is 1. The van der Waals surface area contributed by atoms with Gasteiger partial charge in [-0.2, -0.15) is 0 Å². The molecule has 100 valence electrons. The van der Waals surface area contributed by atoms with Crippen molar-refractivity contribution in [2.24, 2.45) is 0 Å². The van der Waals surface area contributed by atoms with Crippen molar-refractivity contribution in [1.29, 1.82) is 0 Å². The number of rotatable bonds is 7. The molecule has 0 bridgehead atoms. The van der Waals surface area contributed by atoms with Crippen LogP contribution in [0.4, 0.5) is 0 Å². The summed E-state index contributed by atoms with van der Waals surface area (Å²) in [5, 5.41) is 3.78. The fourth-order valence-electron chi connectivity index (χ4n) is 1.86. The van der Waals surface area contributed by atoms with E-state index in [0.717, 1.165) is 17.3 Å². The highest BCUT2D eigenvalue weighted by Gasteiger charge is 2.10. The van der Waals surface area contributed by atoms with Gasteiger partial charge >= 0.3 is 0 Å². The maximum absolute atomic E-state index is 12.0. The molecule has 1 heterocycles. The molecule has 19 heavy (non-hydrogen) atoms. The number of hydrogen-bond acceptors (Lipinski definition) is 2. The van der Waals surface area contributed by atoms with Crippen LogP contribution >= 0.6 is 0 Å². The van der Waals surface area contributed by atoms with E-state index < -0.39 is 0 Å². The van der Waals surface area contributed by atoms with Crippen LogP contribution < -0.4 is 5.32 Å². The SMILES string of the molecule is C=CCCOCCNC(=O)c1c[nH]c2ccccc12. The molecule has 0 spiro atoms. The summed E-state index contributed by atoms with van der Waals surface area (Å²) in [4.78, 5) is 15.1. The van der Waals surface area contributed by atoms with Gasteiger partial charge in [0.05, 0.1) is 18.8 Å². The Hall–Kier alpha value is -2.07. The second-order valence-electron chi connectivity index (χ2n) is 4.19. The normalized spacial score (nSPS) is 10.5. The summed E-state index contributed by atoms with van der Waals surface area (Å²) in [6, 6.07) is 7.74. The summed E-state index contributed by atoms with van der Waals surface area (Å²) >= 11 is 0. The Morgan fingerprint density at radius 1 is 1.37 bits per heavy atom. The molecule has 0 unspecified atom stereocenters. The van der Waals surface area contributed by atoms with Crippen molar-refractivity contribution in [3.05, 3.63) is 48.7 Å². The van der Waals surface area contributed by atoms with E-state index in [1.807, 2.05) is 30.3 Å². The number of H-pyrrole nitrogens is 1. The van der Waals surface area contributed by atoms with Crippen molar-refractivity contribution < 1.29 is 9.53 Å². The third-order valence-corrected chi connectivity index (χ3v) is 2.83. The van der Waals surface area contributed by atoms with Crippen molar-refractivity contribution in [3.63, 3.8) is 0 Å². The summed E-state index contributed by atoms with van der Waals surface area (Å²) in [5.41, 5.74) is 1.64. The number of aromatic amines is 1. The Bertz CT molecular complexity index is 560. The van der Waals surface area contributed by atoms with E-state index in [1.165, 1.54) is 0 Å². The first-order valence-corrected chi connectivity index (χ1v) is 6.36. The summed E-state index contributed by atoms with van der Waals surface area (Å²) in [7, 11) is 0. The number of hydrogen-bond donors (Lipinski definition) is 2. The first-order chi connectivity index (χ1) is 9.33. The second kappa shape index (κ2) is 6.75. The summed E-state index contributed by atoms with van der Waals surface area (Å²) in [6.45, 7) is 5.29. The van der Waals surface area contributed by atoms with E-state index in [-0.39, 0.29) is 5.91 Å². The fourth-order valence-corrected chi connectivity index (χ4v) is 1.86. The van der Waals surface area contributed by atoms with E-state index in [1.54, 1.807) is 6.20 Å². The van der Waals surface area contributed by atoms with Gasteiger partial charge in [0, 0.05) is 23.6 Å². The average Bonchev–Trinajstić information content (AvgIpc) is 2.86. The summed E-state index contributed by atoms with van der Waals surface area (Å²) in [6.07, 6.45) is 4.37. The van der Waals surface area contributed by atoms with Gasteiger partial charge in [0.1, 0.15) is 0 Å². The molecule has 2 aromatic rings. The molecule has 0 radical (unpaired) electrons. The van der Waals surface area contributed by atoms with Crippen LogP contribution in [0.2, 0.25) is 0 Å². The minimum atomic E-state index is -0.0789. The molecule has 1 amide bonds. The van der Waals surface area contributed by atoms with Crippen molar-refractivity contribution in [2.45, 2.75) is 6.42 Å². The molecule has 4 heteroatoms. The quantitative estimate of drug-likeness (QED) is 0.592. The van der Waals surface area contributed by atoms with Crippen LogP contribution in [0, 0.1) is 0 Å². The Morgan fingerprint density at radius 3 is 3.05 bits per heavy atom. The topological polar surface area (TPSA) is 54.1 Å². The number of ether oxygens (including phenoxy) is 1. The molecule has 1 aromatic carbocycles. The van der Waals surface area contributed by atoms with Gasteiger partial charge in [0.2, 0.25) is 0 Å². The van der Waals surface area contributed by atoms with Gasteiger partial charge in [-0.1, -0.05) is 24.3 Å². The Morgan fingerprint density at radius 2 is 2.21 bits per heavy atom. The van der Waals surface area contributed by atoms with Crippen LogP contribution in [-0.2, 0) is 4.74 Å². The summed E-state index contributed by atoms with van der Waals surface area (Å²) in [5.74, 6) is -0.0789. The molecule has 0 aliphatic carbocycles. The van der Waals surface area contributed by atoms with E-state index >= 15 is 0 Å². The number of nitrogens with one attached hydrogen (secondary N) is 2. The monoisotopic (exact) mass is 258 g/mol. The van der Waals surface area contributed by atoms with E-state index in [4.69, 9.17) is 4.74 Å². The van der Waals surface area contributed by atoms with Crippen molar-refractivity contribution >= 4 is 16.8 Å². The molecule has 0 atom stereocenters. The van der Waals surface area contributed by atoms with Crippen LogP contribution in [0.15, 0.2) is 43.1 Å². The van der Waals surface area contributed by atoms with E-state index in [2.05, 4.69) is 16.9 Å². The first kappa shape index (κ1) is 13.4. The van der Waals surface area contributed by atoms with Gasteiger partial charge in [-0.05, 0) is 12.5 Å². The average molecular weight is 258 g/mol. The summed E-state index contributed by atoms with van der Waals surface area (Å²) < 4.78 is 5.34. The fraction of sp³-hybridized carbons (Fsp3) is 0.267. The van der Waals surface area contributed by atoms with Crippen LogP contribution in [-0.4, -0.2) is 30.6 Å². The smallest absolute Gasteiger partial charge is 0.253 e. The van der Waals surface area contributed by atoms with Crippen LogP contribution in [0.5, 0.6) is 0 Å². The number of carbonyl (C=O) groups is 1. The zero-order valence-electron chi connectivity index (χ0n) is 10.8. The zero-order chi connectivity index (χ0) is 13.5. The van der Waals surface area contributed by atoms with Gasteiger partial charge in [-0.15, -0.1) is 6.58 Å². The number of benzene rings is 1. The maximum Gasteiger partial charge on any atom is 0.253 e. The lowest BCUT2D eigenvalue weighted by Crippen LogP contribution is -2.27. The predicted molar refractivity (Wildman–Crippen MR) is 76.3 cm³/mol. The number of aromatic nitrogens is 1. The molecular weight excluding hydrogens is 240 g/mol. The van der Waals surface area contributed by atoms with Gasteiger partial charge in [0.15, 0.2) is 0 Å². The van der Waals surface area contributed by atoms with Crippen LogP contribution in [0.3, 0.4) is 0 Å². The van der Waals surface area contributed by atoms with Gasteiger partial charge in [-0.3, -0.25) is 4.79 Å². The lowest BCUT2D eigenvalue weighted by molar-refractivity contribution is 0.0919. The molecule has 0 saturated heterocycles.